The van der Waals surface area contributed by atoms with Crippen LogP contribution in [0.1, 0.15) is 0 Å². The zero-order valence-corrected chi connectivity index (χ0v) is 11.8. The Morgan fingerprint density at radius 2 is 1.92 bits per heavy atom. The van der Waals surface area contributed by atoms with Gasteiger partial charge >= 0.3 is 92.9 Å². The summed E-state index contributed by atoms with van der Waals surface area (Å²) in [5.74, 6) is 0. The van der Waals surface area contributed by atoms with Crippen LogP contribution >= 0.6 is 21.2 Å². The van der Waals surface area contributed by atoms with E-state index in [0.717, 1.165) is 21.2 Å². The van der Waals surface area contributed by atoms with Crippen molar-refractivity contribution in [2.24, 2.45) is 0 Å². The molecule has 0 radical (unpaired) electrons. The van der Waals surface area contributed by atoms with Crippen LogP contribution in [0.5, 0.6) is 0 Å². The summed E-state index contributed by atoms with van der Waals surface area (Å²) in [5, 5.41) is 0. The van der Waals surface area contributed by atoms with Gasteiger partial charge in [0.2, 0.25) is 0 Å². The Hall–Kier alpha value is 1.28. The van der Waals surface area contributed by atoms with Gasteiger partial charge in [-0.05, 0) is 0 Å². The van der Waals surface area contributed by atoms with E-state index >= 15 is 0 Å². The number of nitrogens with one attached hydrogen (secondary N) is 1. The standard InChI is InChI=1S/C2H6I2NO5S2/c1-5-12(8,9)4-2-10-11(3,6)7/h5H,2H2,1H3/q-1. The van der Waals surface area contributed by atoms with E-state index in [2.05, 4.69) is 8.91 Å². The minimum absolute atomic E-state index is 0.257. The van der Waals surface area contributed by atoms with E-state index in [4.69, 9.17) is 0 Å². The van der Waals surface area contributed by atoms with Crippen molar-refractivity contribution in [1.82, 2.24) is 4.72 Å². The molecule has 0 aliphatic heterocycles. The van der Waals surface area contributed by atoms with Crippen molar-refractivity contribution < 1.29 is 40.8 Å². The molecule has 1 N–H and O–H groups in total. The summed E-state index contributed by atoms with van der Waals surface area (Å²) in [5.41, 5.74) is 0. The van der Waals surface area contributed by atoms with E-state index in [9.17, 15) is 16.8 Å². The molecule has 0 aromatic rings. The van der Waals surface area contributed by atoms with Gasteiger partial charge in [-0.15, -0.1) is 0 Å². The van der Waals surface area contributed by atoms with Crippen LogP contribution in [-0.4, -0.2) is 28.5 Å². The molecule has 0 atom stereocenters. The molecule has 0 spiro atoms. The van der Waals surface area contributed by atoms with E-state index in [-0.39, 0.29) is 4.61 Å². The van der Waals surface area contributed by atoms with E-state index in [0.29, 0.717) is 0 Å². The quantitative estimate of drug-likeness (QED) is 0.268. The van der Waals surface area contributed by atoms with E-state index in [1.807, 2.05) is 0 Å². The van der Waals surface area contributed by atoms with Crippen molar-refractivity contribution in [3.8, 4) is 0 Å². The predicted molar refractivity (Wildman–Crippen MR) is 46.9 cm³/mol. The van der Waals surface area contributed by atoms with Gasteiger partial charge in [0.1, 0.15) is 0 Å². The average molecular weight is 442 g/mol. The SMILES string of the molecule is CNS(=O)(=O)[I-]COS(=O)(=O)I. The molecule has 0 fully saturated rings. The summed E-state index contributed by atoms with van der Waals surface area (Å²) in [7, 11) is -5.55. The first-order valence-electron chi connectivity index (χ1n) is 2.40. The third-order valence-corrected chi connectivity index (χ3v) is 7.92. The van der Waals surface area contributed by atoms with Crippen LogP contribution in [0, 0.1) is 0 Å². The van der Waals surface area contributed by atoms with Gasteiger partial charge < -0.3 is 0 Å². The van der Waals surface area contributed by atoms with Crippen molar-refractivity contribution >= 4 is 35.7 Å². The van der Waals surface area contributed by atoms with E-state index < -0.39 is 34.3 Å². The Labute approximate surface area is 91.9 Å². The topological polar surface area (TPSA) is 89.5 Å². The molecule has 0 heterocycles. The van der Waals surface area contributed by atoms with Crippen molar-refractivity contribution in [2.45, 2.75) is 0 Å². The summed E-state index contributed by atoms with van der Waals surface area (Å²) in [4.78, 5) is 0. The second-order valence-corrected chi connectivity index (χ2v) is 13.1. The summed E-state index contributed by atoms with van der Waals surface area (Å²) in [6.07, 6.45) is 0. The Morgan fingerprint density at radius 3 is 2.25 bits per heavy atom. The van der Waals surface area contributed by atoms with Gasteiger partial charge in [-0.3, -0.25) is 0 Å². The predicted octanol–water partition coefficient (Wildman–Crippen LogP) is -3.81. The fraction of sp³-hybridized carbons (Fsp3) is 1.00. The van der Waals surface area contributed by atoms with Crippen LogP contribution < -0.4 is 24.5 Å². The second-order valence-electron chi connectivity index (χ2n) is 1.37. The second kappa shape index (κ2) is 5.23. The zero-order valence-electron chi connectivity index (χ0n) is 5.82. The maximum absolute atomic E-state index is 10.7. The van der Waals surface area contributed by atoms with Crippen LogP contribution in [0.4, 0.5) is 0 Å². The van der Waals surface area contributed by atoms with Gasteiger partial charge in [0.05, 0.1) is 0 Å². The molecule has 0 rings (SSSR count). The Kier molecular flexibility index (Phi) is 5.79. The molecule has 0 unspecified atom stereocenters. The number of hydrogen-bond donors (Lipinski definition) is 1. The van der Waals surface area contributed by atoms with Crippen molar-refractivity contribution in [3.63, 3.8) is 0 Å². The average Bonchev–Trinajstić information content (AvgIpc) is 1.84. The molecule has 6 nitrogen and oxygen atoms in total. The van der Waals surface area contributed by atoms with E-state index in [1.54, 1.807) is 0 Å². The summed E-state index contributed by atoms with van der Waals surface area (Å²) in [6.45, 7) is 0. The number of alkyl halides is 1. The molecule has 10 heteroatoms. The molecule has 12 heavy (non-hydrogen) atoms. The first-order chi connectivity index (χ1) is 5.27. The van der Waals surface area contributed by atoms with Crippen molar-refractivity contribution in [2.75, 3.05) is 11.7 Å². The first kappa shape index (κ1) is 13.3. The normalized spacial score (nSPS) is 13.5. The van der Waals surface area contributed by atoms with Crippen molar-refractivity contribution in [3.05, 3.63) is 0 Å². The Balaban J connectivity index is 3.89. The van der Waals surface area contributed by atoms with Crippen molar-refractivity contribution in [1.29, 1.82) is 0 Å². The molecular formula is C2H6I2NO5S2-. The van der Waals surface area contributed by atoms with Gasteiger partial charge in [0, 0.05) is 0 Å². The molecular weight excluding hydrogens is 436 g/mol. The van der Waals surface area contributed by atoms with E-state index in [1.165, 1.54) is 7.05 Å². The third-order valence-electron chi connectivity index (χ3n) is 0.617. The monoisotopic (exact) mass is 442 g/mol. The van der Waals surface area contributed by atoms with Gasteiger partial charge in [-0.1, -0.05) is 0 Å². The number of hydrogen-bond acceptors (Lipinski definition) is 5. The van der Waals surface area contributed by atoms with Gasteiger partial charge in [-0.2, -0.15) is 0 Å². The summed E-state index contributed by atoms with van der Waals surface area (Å²) < 4.78 is 48.3. The summed E-state index contributed by atoms with van der Waals surface area (Å²) in [6, 6.07) is 0. The minimum atomic E-state index is -3.55. The number of halogens is 2. The zero-order chi connectivity index (χ0) is 9.83. The van der Waals surface area contributed by atoms with Crippen LogP contribution in [0.2, 0.25) is 0 Å². The van der Waals surface area contributed by atoms with Gasteiger partial charge in [0.25, 0.3) is 0 Å². The van der Waals surface area contributed by atoms with Crippen LogP contribution in [-0.2, 0) is 18.7 Å². The molecule has 0 aliphatic carbocycles. The molecule has 0 amide bonds. The molecule has 0 aliphatic rings. The molecule has 0 bridgehead atoms. The Bertz CT molecular complexity index is 319. The first-order valence-corrected chi connectivity index (χ1v) is 11.9. The molecule has 0 saturated heterocycles. The number of rotatable bonds is 5. The van der Waals surface area contributed by atoms with Gasteiger partial charge in [0.15, 0.2) is 0 Å². The summed E-state index contributed by atoms with van der Waals surface area (Å²) >= 11 is -0.240. The molecule has 0 saturated carbocycles. The molecule has 76 valence electrons. The van der Waals surface area contributed by atoms with Crippen LogP contribution in [0.3, 0.4) is 0 Å². The maximum atomic E-state index is 10.7. The van der Waals surface area contributed by atoms with Crippen LogP contribution in [0.15, 0.2) is 0 Å². The fourth-order valence-corrected chi connectivity index (χ4v) is 6.38. The fourth-order valence-electron chi connectivity index (χ4n) is 0.185. The Morgan fingerprint density at radius 1 is 1.42 bits per heavy atom. The third kappa shape index (κ3) is 7.90. The van der Waals surface area contributed by atoms with Gasteiger partial charge in [-0.25, -0.2) is 0 Å². The molecule has 0 aromatic carbocycles. The van der Waals surface area contributed by atoms with Crippen LogP contribution in [0.25, 0.3) is 0 Å². The molecule has 0 aromatic heterocycles.